The second-order valence-electron chi connectivity index (χ2n) is 8.60. The molecule has 0 unspecified atom stereocenters. The fourth-order valence-corrected chi connectivity index (χ4v) is 4.08. The molecule has 0 aliphatic carbocycles. The van der Waals surface area contributed by atoms with Gasteiger partial charge in [-0.15, -0.1) is 10.2 Å². The van der Waals surface area contributed by atoms with Crippen LogP contribution >= 0.6 is 23.2 Å². The number of benzene rings is 2. The Morgan fingerprint density at radius 1 is 1.10 bits per heavy atom. The first-order chi connectivity index (χ1) is 19.5. The number of para-hydroxylation sites is 1. The van der Waals surface area contributed by atoms with Crippen molar-refractivity contribution < 1.29 is 23.1 Å². The molecule has 3 heterocycles. The van der Waals surface area contributed by atoms with Crippen molar-refractivity contribution in [3.8, 4) is 17.1 Å². The van der Waals surface area contributed by atoms with Crippen molar-refractivity contribution in [3.63, 3.8) is 0 Å². The third kappa shape index (κ3) is 6.01. The summed E-state index contributed by atoms with van der Waals surface area (Å²) in [6.45, 7) is -1.40. The van der Waals surface area contributed by atoms with Crippen molar-refractivity contribution in [2.45, 2.75) is 25.4 Å². The van der Waals surface area contributed by atoms with Crippen LogP contribution in [0.2, 0.25) is 10.0 Å². The van der Waals surface area contributed by atoms with Crippen LogP contribution in [-0.4, -0.2) is 62.6 Å². The summed E-state index contributed by atoms with van der Waals surface area (Å²) in [5.41, 5.74) is -0.0839. The van der Waals surface area contributed by atoms with Crippen LogP contribution < -0.4 is 11.0 Å². The highest BCUT2D eigenvalue weighted by atomic mass is 35.5. The zero-order valence-corrected chi connectivity index (χ0v) is 22.1. The number of aliphatic hydroxyl groups is 1. The Bertz CT molecular complexity index is 1760. The average Bonchev–Trinajstić information content (AvgIpc) is 3.65. The molecule has 0 aliphatic rings. The first-order valence-corrected chi connectivity index (χ1v) is 12.5. The largest absolute Gasteiger partial charge is 0.416 e. The number of aliphatic hydroxyl groups excluding tert-OH is 1. The van der Waals surface area contributed by atoms with Gasteiger partial charge >= 0.3 is 11.9 Å². The Morgan fingerprint density at radius 2 is 1.83 bits per heavy atom. The molecule has 0 aliphatic heterocycles. The molecule has 0 saturated heterocycles. The summed E-state index contributed by atoms with van der Waals surface area (Å²) in [5.74, 6) is -0.444. The molecule has 12 nitrogen and oxygen atoms in total. The minimum Gasteiger partial charge on any atom is -0.382 e. The van der Waals surface area contributed by atoms with Gasteiger partial charge in [0.25, 0.3) is 5.91 Å². The first kappa shape index (κ1) is 28.1. The minimum atomic E-state index is -4.96. The normalized spacial score (nSPS) is 12.4. The fourth-order valence-electron chi connectivity index (χ4n) is 3.82. The van der Waals surface area contributed by atoms with Gasteiger partial charge in [0.1, 0.15) is 17.9 Å². The molecule has 0 fully saturated rings. The van der Waals surface area contributed by atoms with Crippen molar-refractivity contribution in [1.29, 1.82) is 0 Å². The Kier molecular flexibility index (Phi) is 7.66. The number of carbonyl (C=O) groups is 1. The van der Waals surface area contributed by atoms with E-state index >= 15 is 0 Å². The maximum Gasteiger partial charge on any atom is 0.416 e. The molecule has 1 amide bonds. The van der Waals surface area contributed by atoms with Gasteiger partial charge in [0.05, 0.1) is 17.8 Å². The second kappa shape index (κ2) is 11.2. The van der Waals surface area contributed by atoms with Crippen molar-refractivity contribution >= 4 is 34.9 Å². The second-order valence-corrected chi connectivity index (χ2v) is 9.44. The number of hydrogen-bond donors (Lipinski definition) is 3. The summed E-state index contributed by atoms with van der Waals surface area (Å²) in [4.78, 5) is 30.2. The lowest BCUT2D eigenvalue weighted by Gasteiger charge is -2.15. The number of carbonyl (C=O) groups excluding carboxylic acids is 1. The molecule has 0 radical (unpaired) electrons. The van der Waals surface area contributed by atoms with Crippen molar-refractivity contribution in [1.82, 2.24) is 39.3 Å². The van der Waals surface area contributed by atoms with Gasteiger partial charge in [0, 0.05) is 16.8 Å². The highest BCUT2D eigenvalue weighted by molar-refractivity contribution is 6.33. The van der Waals surface area contributed by atoms with E-state index in [9.17, 15) is 27.9 Å². The first-order valence-electron chi connectivity index (χ1n) is 11.7. The molecule has 3 aromatic heterocycles. The van der Waals surface area contributed by atoms with E-state index < -0.39 is 30.4 Å². The Morgan fingerprint density at radius 3 is 2.51 bits per heavy atom. The van der Waals surface area contributed by atoms with E-state index in [1.54, 1.807) is 24.3 Å². The molecule has 5 rings (SSSR count). The average molecular weight is 608 g/mol. The van der Waals surface area contributed by atoms with Gasteiger partial charge < -0.3 is 10.4 Å². The lowest BCUT2D eigenvalue weighted by atomic mass is 10.1. The van der Waals surface area contributed by atoms with Crippen LogP contribution in [0.15, 0.2) is 65.8 Å². The number of aromatic amines is 1. The zero-order chi connectivity index (χ0) is 29.3. The summed E-state index contributed by atoms with van der Waals surface area (Å²) < 4.78 is 42.2. The highest BCUT2D eigenvalue weighted by Crippen LogP contribution is 2.24. The van der Waals surface area contributed by atoms with Crippen LogP contribution in [0.1, 0.15) is 16.2 Å². The van der Waals surface area contributed by atoms with Crippen LogP contribution in [0.4, 0.5) is 19.0 Å². The maximum absolute atomic E-state index is 13.1. The Labute approximate surface area is 238 Å². The van der Waals surface area contributed by atoms with Gasteiger partial charge in [0.15, 0.2) is 23.6 Å². The van der Waals surface area contributed by atoms with Gasteiger partial charge in [-0.25, -0.2) is 19.1 Å². The Balaban J connectivity index is 1.45. The zero-order valence-electron chi connectivity index (χ0n) is 20.5. The number of nitrogens with zero attached hydrogens (tertiary/aromatic N) is 7. The molecule has 0 bridgehead atoms. The molecule has 2 aromatic carbocycles. The van der Waals surface area contributed by atoms with Crippen LogP contribution in [-0.2, 0) is 13.1 Å². The molecule has 41 heavy (non-hydrogen) atoms. The third-order valence-corrected chi connectivity index (χ3v) is 6.35. The van der Waals surface area contributed by atoms with E-state index in [0.29, 0.717) is 16.3 Å². The summed E-state index contributed by atoms with van der Waals surface area (Å²) in [6, 6.07) is 12.4. The number of H-pyrrole nitrogens is 1. The van der Waals surface area contributed by atoms with Gasteiger partial charge in [-0.1, -0.05) is 35.3 Å². The maximum atomic E-state index is 13.1. The number of anilines is 1. The lowest BCUT2D eigenvalue weighted by molar-refractivity contribution is -0.207. The summed E-state index contributed by atoms with van der Waals surface area (Å²) in [5, 5.41) is 27.7. The molecule has 5 aromatic rings. The van der Waals surface area contributed by atoms with Crippen molar-refractivity contribution in [3.05, 3.63) is 93.0 Å². The minimum absolute atomic E-state index is 0.0707. The number of nitrogens with one attached hydrogen (secondary N) is 2. The third-order valence-electron chi connectivity index (χ3n) is 5.81. The number of rotatable bonds is 8. The highest BCUT2D eigenvalue weighted by Gasteiger charge is 2.39. The van der Waals surface area contributed by atoms with Crippen LogP contribution in [0.25, 0.3) is 17.1 Å². The lowest BCUT2D eigenvalue weighted by Crippen LogP contribution is -2.37. The predicted octanol–water partition coefficient (Wildman–Crippen LogP) is 3.55. The van der Waals surface area contributed by atoms with Crippen LogP contribution in [0.3, 0.4) is 0 Å². The van der Waals surface area contributed by atoms with Gasteiger partial charge in [-0.05, 0) is 36.4 Å². The van der Waals surface area contributed by atoms with Crippen LogP contribution in [0.5, 0.6) is 0 Å². The van der Waals surface area contributed by atoms with E-state index in [0.717, 1.165) is 9.25 Å². The molecule has 212 valence electrons. The van der Waals surface area contributed by atoms with Gasteiger partial charge in [0.2, 0.25) is 0 Å². The molecular formula is C24H18Cl2F3N9O3. The van der Waals surface area contributed by atoms with Crippen LogP contribution in [0, 0.1) is 0 Å². The number of amides is 1. The quantitative estimate of drug-likeness (QED) is 0.244. The fraction of sp³-hybridized carbons (Fsp3) is 0.167. The van der Waals surface area contributed by atoms with Crippen molar-refractivity contribution in [2.24, 2.45) is 0 Å². The molecule has 0 spiro atoms. The molecular weight excluding hydrogens is 590 g/mol. The van der Waals surface area contributed by atoms with Gasteiger partial charge in [-0.2, -0.15) is 18.3 Å². The van der Waals surface area contributed by atoms with E-state index in [1.807, 2.05) is 0 Å². The number of alkyl halides is 3. The standard InChI is InChI=1S/C24H18Cl2F3N9O3/c25-14-7-5-13(6-8-14)21-35-37(23(41)36(21)10-18(39)24(27,28)29)11-19-30-12-38(34-19)17-4-2-1-3-15(17)22(40)32-20-16(26)9-31-33-20/h1-9,12,18,39H,10-11H2,(H2,31,32,33,40)/t18-/m0/s1. The Hall–Kier alpha value is -4.47. The number of hydrogen-bond acceptors (Lipinski definition) is 7. The monoisotopic (exact) mass is 607 g/mol. The van der Waals surface area contributed by atoms with Crippen molar-refractivity contribution in [2.75, 3.05) is 5.32 Å². The molecule has 1 atom stereocenters. The van der Waals surface area contributed by atoms with Gasteiger partial charge in [-0.3, -0.25) is 14.5 Å². The summed E-state index contributed by atoms with van der Waals surface area (Å²) >= 11 is 11.9. The smallest absolute Gasteiger partial charge is 0.382 e. The summed E-state index contributed by atoms with van der Waals surface area (Å²) in [6.07, 6.45) is -5.06. The molecule has 0 saturated carbocycles. The molecule has 17 heteroatoms. The van der Waals surface area contributed by atoms with E-state index in [2.05, 4.69) is 30.7 Å². The van der Waals surface area contributed by atoms with E-state index in [-0.39, 0.29) is 34.6 Å². The molecule has 3 N–H and O–H groups in total. The predicted molar refractivity (Wildman–Crippen MR) is 141 cm³/mol. The topological polar surface area (TPSA) is 149 Å². The number of halogens is 5. The number of aromatic nitrogens is 8. The SMILES string of the molecule is O=C(Nc1n[nH]cc1Cl)c1ccccc1-n1cnc(Cn2nc(-c3ccc(Cl)cc3)n(C[C@H](O)C(F)(F)F)c2=O)n1. The summed E-state index contributed by atoms with van der Waals surface area (Å²) in [7, 11) is 0. The van der Waals surface area contributed by atoms with E-state index in [4.69, 9.17) is 23.2 Å². The van der Waals surface area contributed by atoms with E-state index in [1.165, 1.54) is 41.5 Å².